The summed E-state index contributed by atoms with van der Waals surface area (Å²) >= 11 is 0. The largest absolute Gasteiger partial charge is 0.481 e. The van der Waals surface area contributed by atoms with Crippen LogP contribution in [-0.4, -0.2) is 94.4 Å². The second kappa shape index (κ2) is 19.7. The number of methoxy groups -OCH3 is 1. The number of aliphatic carboxylic acids is 1. The van der Waals surface area contributed by atoms with Gasteiger partial charge in [-0.1, -0.05) is 91.0 Å². The van der Waals surface area contributed by atoms with Crippen LogP contribution in [0, 0.1) is 0 Å². The van der Waals surface area contributed by atoms with E-state index < -0.39 is 78.4 Å². The molecule has 3 rings (SSSR count). The molecule has 52 heavy (non-hydrogen) atoms. The van der Waals surface area contributed by atoms with Gasteiger partial charge in [-0.3, -0.25) is 29.7 Å². The zero-order chi connectivity index (χ0) is 38.3. The smallest absolute Gasteiger partial charge is 0.408 e. The van der Waals surface area contributed by atoms with E-state index in [2.05, 4.69) is 16.0 Å². The predicted molar refractivity (Wildman–Crippen MR) is 189 cm³/mol. The van der Waals surface area contributed by atoms with E-state index in [9.17, 15) is 39.1 Å². The van der Waals surface area contributed by atoms with Gasteiger partial charge in [0, 0.05) is 6.42 Å². The average Bonchev–Trinajstić information content (AvgIpc) is 3.11. The number of hydroxylamine groups is 2. The van der Waals surface area contributed by atoms with Gasteiger partial charge in [-0.15, -0.1) is 0 Å². The molecule has 14 heteroatoms. The summed E-state index contributed by atoms with van der Waals surface area (Å²) in [5.74, 6) is -5.04. The monoisotopic (exact) mass is 718 g/mol. The van der Waals surface area contributed by atoms with Crippen molar-refractivity contribution in [1.82, 2.24) is 21.0 Å². The van der Waals surface area contributed by atoms with Crippen LogP contribution in [0.4, 0.5) is 4.79 Å². The van der Waals surface area contributed by atoms with E-state index in [1.807, 2.05) is 6.07 Å². The van der Waals surface area contributed by atoms with Gasteiger partial charge in [0.15, 0.2) is 11.8 Å². The number of rotatable bonds is 18. The second-order valence-corrected chi connectivity index (χ2v) is 13.0. The molecule has 0 aliphatic carbocycles. The molecule has 0 aromatic heterocycles. The number of nitrogens with one attached hydrogen (secondary N) is 3. The van der Waals surface area contributed by atoms with Gasteiger partial charge in [0.05, 0.1) is 32.2 Å². The van der Waals surface area contributed by atoms with Crippen LogP contribution in [0.1, 0.15) is 43.9 Å². The van der Waals surface area contributed by atoms with Gasteiger partial charge in [0.25, 0.3) is 5.91 Å². The molecule has 0 saturated heterocycles. The number of carboxylic acids is 1. The number of Topliss-reactive ketones (excluding diaryl/α,β-unsaturated/α-hetero) is 1. The van der Waals surface area contributed by atoms with E-state index in [1.165, 1.54) is 0 Å². The third-order valence-corrected chi connectivity index (χ3v) is 7.74. The van der Waals surface area contributed by atoms with Gasteiger partial charge in [-0.25, -0.2) is 14.7 Å². The van der Waals surface area contributed by atoms with Gasteiger partial charge in [-0.05, 0) is 50.3 Å². The first-order valence-electron chi connectivity index (χ1n) is 16.7. The molecule has 0 aliphatic heterocycles. The minimum absolute atomic E-state index is 0.0123. The molecule has 0 fully saturated rings. The number of carbonyl (C=O) groups excluding carboxylic acids is 5. The van der Waals surface area contributed by atoms with Crippen LogP contribution in [0.25, 0.3) is 0 Å². The van der Waals surface area contributed by atoms with E-state index in [1.54, 1.807) is 106 Å². The first-order chi connectivity index (χ1) is 24.7. The highest BCUT2D eigenvalue weighted by molar-refractivity contribution is 5.94. The molecule has 5 N–H and O–H groups in total. The van der Waals surface area contributed by atoms with Gasteiger partial charge < -0.3 is 25.2 Å². The minimum Gasteiger partial charge on any atom is -0.481 e. The molecule has 0 unspecified atom stereocenters. The summed E-state index contributed by atoms with van der Waals surface area (Å²) < 4.78 is 10.2. The molecule has 4 atom stereocenters. The van der Waals surface area contributed by atoms with Crippen molar-refractivity contribution >= 4 is 35.6 Å². The molecule has 3 aromatic carbocycles. The van der Waals surface area contributed by atoms with Crippen LogP contribution >= 0.6 is 0 Å². The van der Waals surface area contributed by atoms with Crippen molar-refractivity contribution in [3.63, 3.8) is 0 Å². The van der Waals surface area contributed by atoms with Crippen LogP contribution in [0.2, 0.25) is 0 Å². The Hall–Kier alpha value is -5.60. The molecule has 0 spiro atoms. The lowest BCUT2D eigenvalue weighted by Crippen LogP contribution is -2.58. The SMILES string of the molecule is COC(=O)[C@H](Cc1ccccc1)N(O)C(=O)[C@H](CC(=O)O)NC(=O)[C@H](Cc1ccccc1)NCC(=O)[C@H](Cc1ccccc1)NC(=O)OC(C)(C)C. The Morgan fingerprint density at radius 3 is 1.65 bits per heavy atom. The van der Waals surface area contributed by atoms with Crippen molar-refractivity contribution in [3.05, 3.63) is 108 Å². The normalized spacial score (nSPS) is 13.4. The Morgan fingerprint density at radius 1 is 0.712 bits per heavy atom. The molecule has 0 bridgehead atoms. The highest BCUT2D eigenvalue weighted by Gasteiger charge is 2.37. The number of ketones is 1. The summed E-state index contributed by atoms with van der Waals surface area (Å²) in [6.07, 6.45) is -1.76. The second-order valence-electron chi connectivity index (χ2n) is 13.0. The van der Waals surface area contributed by atoms with E-state index in [0.29, 0.717) is 11.1 Å². The Balaban J connectivity index is 1.84. The van der Waals surface area contributed by atoms with Crippen molar-refractivity contribution in [3.8, 4) is 0 Å². The van der Waals surface area contributed by atoms with E-state index in [0.717, 1.165) is 12.7 Å². The average molecular weight is 719 g/mol. The van der Waals surface area contributed by atoms with Crippen molar-refractivity contribution in [1.29, 1.82) is 0 Å². The van der Waals surface area contributed by atoms with Gasteiger partial charge in [0.1, 0.15) is 11.6 Å². The molecule has 14 nitrogen and oxygen atoms in total. The lowest BCUT2D eigenvalue weighted by atomic mass is 10.0. The third-order valence-electron chi connectivity index (χ3n) is 7.74. The number of alkyl carbamates (subject to hydrolysis) is 1. The number of esters is 1. The molecular formula is C38H46N4O10. The molecule has 3 amide bonds. The van der Waals surface area contributed by atoms with Crippen molar-refractivity contribution in [2.75, 3.05) is 13.7 Å². The standard InChI is InChI=1S/C38H46N4O10/c1-38(2,3)52-37(49)41-28(20-25-14-8-5-9-15-25)32(43)24-39-29(21-26-16-10-6-11-17-26)34(46)40-30(23-33(44)45)35(47)42(50)31(36(48)51-4)22-27-18-12-7-13-19-27/h5-19,28-31,39,50H,20-24H2,1-4H3,(H,40,46)(H,41,49)(H,44,45)/t28-,29-,30-,31-/m0/s1. The first kappa shape index (κ1) is 40.8. The third kappa shape index (κ3) is 13.6. The Kier molecular flexibility index (Phi) is 15.5. The summed E-state index contributed by atoms with van der Waals surface area (Å²) in [5.41, 5.74) is 1.19. The van der Waals surface area contributed by atoms with E-state index in [4.69, 9.17) is 9.47 Å². The molecule has 0 aliphatic rings. The lowest BCUT2D eigenvalue weighted by molar-refractivity contribution is -0.189. The number of amides is 3. The number of hydrogen-bond donors (Lipinski definition) is 5. The number of carbonyl (C=O) groups is 6. The number of ether oxygens (including phenoxy) is 2. The van der Waals surface area contributed by atoms with Crippen molar-refractivity contribution < 1.29 is 48.6 Å². The maximum atomic E-state index is 13.8. The number of carboxylic acid groups (broad SMARTS) is 1. The topological polar surface area (TPSA) is 201 Å². The molecule has 0 radical (unpaired) electrons. The van der Waals surface area contributed by atoms with Crippen molar-refractivity contribution in [2.24, 2.45) is 0 Å². The van der Waals surface area contributed by atoms with Crippen LogP contribution in [0.15, 0.2) is 91.0 Å². The molecule has 0 heterocycles. The van der Waals surface area contributed by atoms with Gasteiger partial charge in [0.2, 0.25) is 5.91 Å². The lowest BCUT2D eigenvalue weighted by Gasteiger charge is -2.29. The Bertz CT molecular complexity index is 1650. The minimum atomic E-state index is -1.81. The predicted octanol–water partition coefficient (Wildman–Crippen LogP) is 2.85. The van der Waals surface area contributed by atoms with Crippen LogP contribution in [0.5, 0.6) is 0 Å². The maximum Gasteiger partial charge on any atom is 0.408 e. The zero-order valence-corrected chi connectivity index (χ0v) is 29.6. The van der Waals surface area contributed by atoms with Crippen LogP contribution in [0.3, 0.4) is 0 Å². The summed E-state index contributed by atoms with van der Waals surface area (Å²) in [4.78, 5) is 78.2. The number of hydrogen-bond acceptors (Lipinski definition) is 10. The summed E-state index contributed by atoms with van der Waals surface area (Å²) in [7, 11) is 1.07. The van der Waals surface area contributed by atoms with Gasteiger partial charge >= 0.3 is 18.0 Å². The van der Waals surface area contributed by atoms with Gasteiger partial charge in [-0.2, -0.15) is 0 Å². The summed E-state index contributed by atoms with van der Waals surface area (Å²) in [6.45, 7) is 4.65. The Labute approximate surface area is 302 Å². The van der Waals surface area contributed by atoms with Crippen LogP contribution in [-0.2, 0) is 52.7 Å². The van der Waals surface area contributed by atoms with E-state index >= 15 is 0 Å². The Morgan fingerprint density at radius 2 is 1.19 bits per heavy atom. The zero-order valence-electron chi connectivity index (χ0n) is 29.6. The maximum absolute atomic E-state index is 13.8. The molecule has 3 aromatic rings. The fourth-order valence-electron chi connectivity index (χ4n) is 5.20. The van der Waals surface area contributed by atoms with E-state index in [-0.39, 0.29) is 24.3 Å². The quantitative estimate of drug-likeness (QED) is 0.0736. The highest BCUT2D eigenvalue weighted by atomic mass is 16.6. The number of benzene rings is 3. The molecular weight excluding hydrogens is 672 g/mol. The summed E-state index contributed by atoms with van der Waals surface area (Å²) in [6, 6.07) is 20.6. The highest BCUT2D eigenvalue weighted by Crippen LogP contribution is 2.14. The molecule has 0 saturated carbocycles. The fourth-order valence-corrected chi connectivity index (χ4v) is 5.20. The van der Waals surface area contributed by atoms with Crippen LogP contribution < -0.4 is 16.0 Å². The number of nitrogens with zero attached hydrogens (tertiary/aromatic N) is 1. The fraction of sp³-hybridized carbons (Fsp3) is 0.368. The molecule has 278 valence electrons. The first-order valence-corrected chi connectivity index (χ1v) is 16.7. The van der Waals surface area contributed by atoms with Crippen molar-refractivity contribution in [2.45, 2.75) is 76.2 Å². The summed E-state index contributed by atoms with van der Waals surface area (Å²) in [5, 5.41) is 28.6.